The standard InChI is InChI=1S/C11H15NO5/c1-2-8-3-4-11(10(5-8)12(15)16)17-7-9(14)6-13/h3-5,9,13-14H,2,6-7H2,1H3. The number of nitrogens with zero attached hydrogens (tertiary/aromatic N) is 1. The normalized spacial score (nSPS) is 12.2. The van der Waals surface area contributed by atoms with Gasteiger partial charge in [0.15, 0.2) is 5.75 Å². The molecule has 0 aliphatic rings. The van der Waals surface area contributed by atoms with E-state index >= 15 is 0 Å². The van der Waals surface area contributed by atoms with E-state index in [1.807, 2.05) is 6.92 Å². The van der Waals surface area contributed by atoms with E-state index in [1.165, 1.54) is 12.1 Å². The van der Waals surface area contributed by atoms with Gasteiger partial charge < -0.3 is 14.9 Å². The maximum atomic E-state index is 10.8. The first-order chi connectivity index (χ1) is 8.08. The highest BCUT2D eigenvalue weighted by atomic mass is 16.6. The van der Waals surface area contributed by atoms with Gasteiger partial charge in [-0.1, -0.05) is 13.0 Å². The molecule has 6 nitrogen and oxygen atoms in total. The lowest BCUT2D eigenvalue weighted by molar-refractivity contribution is -0.386. The Morgan fingerprint density at radius 3 is 2.76 bits per heavy atom. The highest BCUT2D eigenvalue weighted by Gasteiger charge is 2.16. The molecule has 1 aromatic rings. The van der Waals surface area contributed by atoms with Crippen LogP contribution in [0.3, 0.4) is 0 Å². The first kappa shape index (κ1) is 13.4. The molecule has 6 heteroatoms. The molecule has 1 aromatic carbocycles. The molecule has 2 N–H and O–H groups in total. The Labute approximate surface area is 98.6 Å². The van der Waals surface area contributed by atoms with Gasteiger partial charge in [0.25, 0.3) is 0 Å². The number of nitro groups is 1. The van der Waals surface area contributed by atoms with Gasteiger partial charge in [-0.05, 0) is 18.1 Å². The second-order valence-electron chi connectivity index (χ2n) is 3.56. The number of aliphatic hydroxyl groups excluding tert-OH is 2. The predicted molar refractivity (Wildman–Crippen MR) is 61.1 cm³/mol. The molecule has 17 heavy (non-hydrogen) atoms. The van der Waals surface area contributed by atoms with E-state index in [2.05, 4.69) is 0 Å². The monoisotopic (exact) mass is 241 g/mol. The topological polar surface area (TPSA) is 92.8 Å². The number of aryl methyl sites for hydroxylation is 1. The minimum absolute atomic E-state index is 0.0969. The summed E-state index contributed by atoms with van der Waals surface area (Å²) in [7, 11) is 0. The van der Waals surface area contributed by atoms with Crippen LogP contribution in [0, 0.1) is 10.1 Å². The van der Waals surface area contributed by atoms with Crippen molar-refractivity contribution >= 4 is 5.69 Å². The maximum Gasteiger partial charge on any atom is 0.311 e. The minimum Gasteiger partial charge on any atom is -0.484 e. The van der Waals surface area contributed by atoms with Gasteiger partial charge in [0.1, 0.15) is 12.7 Å². The zero-order valence-corrected chi connectivity index (χ0v) is 9.50. The molecule has 94 valence electrons. The van der Waals surface area contributed by atoms with Gasteiger partial charge in [-0.25, -0.2) is 0 Å². The second kappa shape index (κ2) is 6.17. The number of ether oxygens (including phenoxy) is 1. The van der Waals surface area contributed by atoms with Crippen LogP contribution in [0.5, 0.6) is 5.75 Å². The van der Waals surface area contributed by atoms with E-state index in [-0.39, 0.29) is 18.0 Å². The van der Waals surface area contributed by atoms with Crippen molar-refractivity contribution in [3.63, 3.8) is 0 Å². The third-order valence-electron chi connectivity index (χ3n) is 2.27. The van der Waals surface area contributed by atoms with Crippen molar-refractivity contribution in [2.24, 2.45) is 0 Å². The SMILES string of the molecule is CCc1ccc(OCC(O)CO)c([N+](=O)[O-])c1. The first-order valence-corrected chi connectivity index (χ1v) is 5.27. The molecular weight excluding hydrogens is 226 g/mol. The summed E-state index contributed by atoms with van der Waals surface area (Å²) in [5.41, 5.74) is 0.709. The van der Waals surface area contributed by atoms with Crippen molar-refractivity contribution in [2.75, 3.05) is 13.2 Å². The Morgan fingerprint density at radius 1 is 1.53 bits per heavy atom. The second-order valence-corrected chi connectivity index (χ2v) is 3.56. The first-order valence-electron chi connectivity index (χ1n) is 5.27. The highest BCUT2D eigenvalue weighted by molar-refractivity contribution is 5.48. The molecular formula is C11H15NO5. The molecule has 0 saturated carbocycles. The van der Waals surface area contributed by atoms with Crippen molar-refractivity contribution in [1.82, 2.24) is 0 Å². The fourth-order valence-electron chi connectivity index (χ4n) is 1.29. The third-order valence-corrected chi connectivity index (χ3v) is 2.27. The van der Waals surface area contributed by atoms with Gasteiger partial charge in [0.2, 0.25) is 0 Å². The summed E-state index contributed by atoms with van der Waals surface area (Å²) >= 11 is 0. The Hall–Kier alpha value is -1.66. The fraction of sp³-hybridized carbons (Fsp3) is 0.455. The van der Waals surface area contributed by atoms with Crippen LogP contribution in [-0.4, -0.2) is 34.5 Å². The summed E-state index contributed by atoms with van der Waals surface area (Å²) in [6.07, 6.45) is -0.346. The Morgan fingerprint density at radius 2 is 2.24 bits per heavy atom. The summed E-state index contributed by atoms with van der Waals surface area (Å²) in [5.74, 6) is 0.0969. The van der Waals surface area contributed by atoms with Crippen molar-refractivity contribution in [3.8, 4) is 5.75 Å². The average Bonchev–Trinajstić information content (AvgIpc) is 2.35. The number of rotatable bonds is 6. The smallest absolute Gasteiger partial charge is 0.311 e. The zero-order chi connectivity index (χ0) is 12.8. The molecule has 1 atom stereocenters. The lowest BCUT2D eigenvalue weighted by Crippen LogP contribution is -2.21. The number of hydrogen-bond acceptors (Lipinski definition) is 5. The van der Waals surface area contributed by atoms with Crippen molar-refractivity contribution in [1.29, 1.82) is 0 Å². The van der Waals surface area contributed by atoms with Gasteiger partial charge in [-0.3, -0.25) is 10.1 Å². The van der Waals surface area contributed by atoms with Crippen LogP contribution in [-0.2, 0) is 6.42 Å². The van der Waals surface area contributed by atoms with Crippen LogP contribution in [0.25, 0.3) is 0 Å². The van der Waals surface area contributed by atoms with E-state index in [0.29, 0.717) is 6.42 Å². The van der Waals surface area contributed by atoms with Crippen LogP contribution >= 0.6 is 0 Å². The number of benzene rings is 1. The summed E-state index contributed by atoms with van der Waals surface area (Å²) in [6.45, 7) is 1.28. The molecule has 0 bridgehead atoms. The summed E-state index contributed by atoms with van der Waals surface area (Å²) < 4.78 is 5.10. The molecule has 0 aromatic heterocycles. The Kier molecular flexibility index (Phi) is 4.86. The third kappa shape index (κ3) is 3.69. The Balaban J connectivity index is 2.87. The average molecular weight is 241 g/mol. The highest BCUT2D eigenvalue weighted by Crippen LogP contribution is 2.28. The summed E-state index contributed by atoms with van der Waals surface area (Å²) in [4.78, 5) is 10.3. The molecule has 0 fully saturated rings. The molecule has 0 heterocycles. The van der Waals surface area contributed by atoms with Gasteiger partial charge in [0, 0.05) is 6.07 Å². The van der Waals surface area contributed by atoms with Crippen LogP contribution in [0.1, 0.15) is 12.5 Å². The van der Waals surface area contributed by atoms with Gasteiger partial charge in [-0.15, -0.1) is 0 Å². The van der Waals surface area contributed by atoms with E-state index in [0.717, 1.165) is 5.56 Å². The van der Waals surface area contributed by atoms with Crippen LogP contribution < -0.4 is 4.74 Å². The summed E-state index contributed by atoms with van der Waals surface area (Å²) in [6, 6.07) is 4.68. The zero-order valence-electron chi connectivity index (χ0n) is 9.50. The lowest BCUT2D eigenvalue weighted by Gasteiger charge is -2.10. The van der Waals surface area contributed by atoms with E-state index < -0.39 is 17.6 Å². The van der Waals surface area contributed by atoms with Gasteiger partial charge >= 0.3 is 5.69 Å². The van der Waals surface area contributed by atoms with Crippen molar-refractivity contribution < 1.29 is 19.9 Å². The van der Waals surface area contributed by atoms with Crippen LogP contribution in [0.4, 0.5) is 5.69 Å². The van der Waals surface area contributed by atoms with Gasteiger partial charge in [0.05, 0.1) is 11.5 Å². The van der Waals surface area contributed by atoms with Crippen LogP contribution in [0.2, 0.25) is 0 Å². The Bertz CT molecular complexity index is 393. The van der Waals surface area contributed by atoms with E-state index in [1.54, 1.807) is 6.07 Å². The predicted octanol–water partition coefficient (Wildman–Crippen LogP) is 0.889. The van der Waals surface area contributed by atoms with E-state index in [4.69, 9.17) is 14.9 Å². The molecule has 0 spiro atoms. The minimum atomic E-state index is -1.04. The largest absolute Gasteiger partial charge is 0.484 e. The maximum absolute atomic E-state index is 10.8. The fourth-order valence-corrected chi connectivity index (χ4v) is 1.29. The lowest BCUT2D eigenvalue weighted by atomic mass is 10.1. The number of aliphatic hydroxyl groups is 2. The molecule has 0 radical (unpaired) electrons. The van der Waals surface area contributed by atoms with Crippen molar-refractivity contribution in [2.45, 2.75) is 19.4 Å². The van der Waals surface area contributed by atoms with E-state index in [9.17, 15) is 10.1 Å². The molecule has 1 rings (SSSR count). The molecule has 1 unspecified atom stereocenters. The van der Waals surface area contributed by atoms with Gasteiger partial charge in [-0.2, -0.15) is 0 Å². The molecule has 0 aliphatic carbocycles. The van der Waals surface area contributed by atoms with Crippen LogP contribution in [0.15, 0.2) is 18.2 Å². The quantitative estimate of drug-likeness (QED) is 0.570. The number of hydrogen-bond donors (Lipinski definition) is 2. The number of nitro benzene ring substituents is 1. The summed E-state index contributed by atoms with van der Waals surface area (Å²) in [5, 5.41) is 28.5. The van der Waals surface area contributed by atoms with Crippen molar-refractivity contribution in [3.05, 3.63) is 33.9 Å². The molecule has 0 saturated heterocycles. The molecule has 0 amide bonds. The molecule has 0 aliphatic heterocycles.